The third kappa shape index (κ3) is 4.58. The molecular weight excluding hydrogens is 320 g/mol. The first-order valence-corrected chi connectivity index (χ1v) is 7.15. The summed E-state index contributed by atoms with van der Waals surface area (Å²) < 4.78 is 9.95. The molecule has 9 nitrogen and oxygen atoms in total. The smallest absolute Gasteiger partial charge is 0.326 e. The highest BCUT2D eigenvalue weighted by atomic mass is 16.6. The van der Waals surface area contributed by atoms with Crippen LogP contribution in [-0.4, -0.2) is 42.2 Å². The summed E-state index contributed by atoms with van der Waals surface area (Å²) in [7, 11) is 2.52. The molecule has 24 heavy (non-hydrogen) atoms. The van der Waals surface area contributed by atoms with E-state index in [9.17, 15) is 24.8 Å². The molecular formula is C15H20N2O7. The van der Waals surface area contributed by atoms with E-state index in [0.29, 0.717) is 0 Å². The molecule has 0 heterocycles. The van der Waals surface area contributed by atoms with E-state index in [1.54, 1.807) is 0 Å². The molecule has 0 unspecified atom stereocenters. The number of amides is 1. The van der Waals surface area contributed by atoms with Crippen molar-refractivity contribution in [1.82, 2.24) is 5.32 Å². The Morgan fingerprint density at radius 1 is 1.29 bits per heavy atom. The molecule has 0 aliphatic heterocycles. The molecule has 0 spiro atoms. The van der Waals surface area contributed by atoms with Gasteiger partial charge in [0.15, 0.2) is 5.75 Å². The number of nitro groups is 1. The molecule has 0 bridgehead atoms. The topological polar surface area (TPSA) is 128 Å². The monoisotopic (exact) mass is 340 g/mol. The molecule has 0 aliphatic rings. The highest BCUT2D eigenvalue weighted by molar-refractivity contribution is 5.98. The maximum atomic E-state index is 12.3. The van der Waals surface area contributed by atoms with Gasteiger partial charge in [-0.1, -0.05) is 13.8 Å². The number of nitrogens with zero attached hydrogens (tertiary/aromatic N) is 1. The second kappa shape index (κ2) is 8.14. The van der Waals surface area contributed by atoms with E-state index in [4.69, 9.17) is 9.47 Å². The van der Waals surface area contributed by atoms with Crippen molar-refractivity contribution in [1.29, 1.82) is 0 Å². The SMILES string of the molecule is COc1cc(C(=O)N[C@@H](CC(C)C)C(=O)O)cc([N+](=O)[O-])c1OC. The Kier molecular flexibility index (Phi) is 6.51. The Bertz CT molecular complexity index is 643. The lowest BCUT2D eigenvalue weighted by Crippen LogP contribution is -2.41. The zero-order valence-corrected chi connectivity index (χ0v) is 13.9. The minimum Gasteiger partial charge on any atom is -0.493 e. The maximum absolute atomic E-state index is 12.3. The number of nitrogens with one attached hydrogen (secondary N) is 1. The van der Waals surface area contributed by atoms with Crippen LogP contribution in [0.15, 0.2) is 12.1 Å². The Morgan fingerprint density at radius 3 is 2.33 bits per heavy atom. The number of hydrogen-bond donors (Lipinski definition) is 2. The van der Waals surface area contributed by atoms with Crippen molar-refractivity contribution in [3.05, 3.63) is 27.8 Å². The van der Waals surface area contributed by atoms with E-state index in [0.717, 1.165) is 6.07 Å². The van der Waals surface area contributed by atoms with Gasteiger partial charge in [0.25, 0.3) is 5.91 Å². The van der Waals surface area contributed by atoms with Gasteiger partial charge in [0.2, 0.25) is 5.75 Å². The molecule has 2 N–H and O–H groups in total. The van der Waals surface area contributed by atoms with Gasteiger partial charge >= 0.3 is 11.7 Å². The molecule has 9 heteroatoms. The van der Waals surface area contributed by atoms with E-state index < -0.39 is 28.5 Å². The van der Waals surface area contributed by atoms with Gasteiger partial charge in [0.1, 0.15) is 6.04 Å². The quantitative estimate of drug-likeness (QED) is 0.546. The zero-order chi connectivity index (χ0) is 18.4. The highest BCUT2D eigenvalue weighted by Gasteiger charge is 2.26. The summed E-state index contributed by atoms with van der Waals surface area (Å²) in [5.74, 6) is -1.98. The number of benzene rings is 1. The molecule has 0 radical (unpaired) electrons. The first kappa shape index (κ1) is 19.2. The summed E-state index contributed by atoms with van der Waals surface area (Å²) in [6.45, 7) is 3.65. The predicted octanol–water partition coefficient (Wildman–Crippen LogP) is 1.84. The first-order chi connectivity index (χ1) is 11.2. The van der Waals surface area contributed by atoms with E-state index in [2.05, 4.69) is 5.32 Å². The van der Waals surface area contributed by atoms with Crippen LogP contribution in [0, 0.1) is 16.0 Å². The standard InChI is InChI=1S/C15H20N2O7/c1-8(2)5-10(15(19)20)16-14(18)9-6-11(17(21)22)13(24-4)12(7-9)23-3/h6-8,10H,5H2,1-4H3,(H,16,18)(H,19,20)/t10-/m0/s1. The molecule has 0 saturated carbocycles. The van der Waals surface area contributed by atoms with Crippen molar-refractivity contribution >= 4 is 17.6 Å². The van der Waals surface area contributed by atoms with Crippen LogP contribution in [0.2, 0.25) is 0 Å². The molecule has 1 aromatic carbocycles. The Morgan fingerprint density at radius 2 is 1.92 bits per heavy atom. The number of methoxy groups -OCH3 is 2. The third-order valence-electron chi connectivity index (χ3n) is 3.23. The predicted molar refractivity (Wildman–Crippen MR) is 84.5 cm³/mol. The normalized spacial score (nSPS) is 11.7. The number of rotatable bonds is 8. The summed E-state index contributed by atoms with van der Waals surface area (Å²) in [6.07, 6.45) is 0.233. The van der Waals surface area contributed by atoms with E-state index in [-0.39, 0.29) is 29.4 Å². The Balaban J connectivity index is 3.20. The largest absolute Gasteiger partial charge is 0.493 e. The molecule has 1 atom stereocenters. The number of nitro benzene ring substituents is 1. The molecule has 132 valence electrons. The number of aliphatic carboxylic acids is 1. The fourth-order valence-electron chi connectivity index (χ4n) is 2.15. The van der Waals surface area contributed by atoms with E-state index >= 15 is 0 Å². The first-order valence-electron chi connectivity index (χ1n) is 7.15. The lowest BCUT2D eigenvalue weighted by atomic mass is 10.0. The van der Waals surface area contributed by atoms with Crippen LogP contribution in [0.25, 0.3) is 0 Å². The van der Waals surface area contributed by atoms with Gasteiger partial charge in [-0.25, -0.2) is 4.79 Å². The number of carbonyl (C=O) groups is 2. The second-order valence-corrected chi connectivity index (χ2v) is 5.48. The average molecular weight is 340 g/mol. The van der Waals surface area contributed by atoms with E-state index in [1.165, 1.54) is 20.3 Å². The summed E-state index contributed by atoms with van der Waals surface area (Å²) in [5.41, 5.74) is -0.535. The van der Waals surface area contributed by atoms with Crippen LogP contribution in [0.5, 0.6) is 11.5 Å². The average Bonchev–Trinajstić information content (AvgIpc) is 2.51. The lowest BCUT2D eigenvalue weighted by Gasteiger charge is -2.17. The van der Waals surface area contributed by atoms with Crippen molar-refractivity contribution in [3.8, 4) is 11.5 Å². The van der Waals surface area contributed by atoms with Crippen LogP contribution in [-0.2, 0) is 4.79 Å². The van der Waals surface area contributed by atoms with E-state index in [1.807, 2.05) is 13.8 Å². The molecule has 1 amide bonds. The number of carbonyl (C=O) groups excluding carboxylic acids is 1. The number of carboxylic acids is 1. The number of ether oxygens (including phenoxy) is 2. The van der Waals surface area contributed by atoms with Crippen molar-refractivity contribution in [2.45, 2.75) is 26.3 Å². The fourth-order valence-corrected chi connectivity index (χ4v) is 2.15. The van der Waals surface area contributed by atoms with Gasteiger partial charge in [-0.15, -0.1) is 0 Å². The summed E-state index contributed by atoms with van der Waals surface area (Å²) in [5, 5.41) is 22.7. The fraction of sp³-hybridized carbons (Fsp3) is 0.467. The van der Waals surface area contributed by atoms with Crippen molar-refractivity contribution < 1.29 is 29.1 Å². The summed E-state index contributed by atoms with van der Waals surface area (Å²) >= 11 is 0. The van der Waals surface area contributed by atoms with Crippen LogP contribution >= 0.6 is 0 Å². The molecule has 0 aliphatic carbocycles. The zero-order valence-electron chi connectivity index (χ0n) is 13.9. The van der Waals surface area contributed by atoms with Crippen molar-refractivity contribution in [2.75, 3.05) is 14.2 Å². The Labute approximate surface area is 138 Å². The van der Waals surface area contributed by atoms with Gasteiger partial charge < -0.3 is 19.9 Å². The third-order valence-corrected chi connectivity index (χ3v) is 3.23. The van der Waals surface area contributed by atoms with Crippen molar-refractivity contribution in [2.24, 2.45) is 5.92 Å². The lowest BCUT2D eigenvalue weighted by molar-refractivity contribution is -0.385. The van der Waals surface area contributed by atoms with Gasteiger partial charge in [-0.3, -0.25) is 14.9 Å². The molecule has 0 aromatic heterocycles. The second-order valence-electron chi connectivity index (χ2n) is 5.48. The molecule has 0 fully saturated rings. The van der Waals surface area contributed by atoms with Gasteiger partial charge in [-0.05, 0) is 18.4 Å². The van der Waals surface area contributed by atoms with Gasteiger partial charge in [0.05, 0.1) is 24.7 Å². The van der Waals surface area contributed by atoms with Crippen molar-refractivity contribution in [3.63, 3.8) is 0 Å². The van der Waals surface area contributed by atoms with Crippen LogP contribution < -0.4 is 14.8 Å². The summed E-state index contributed by atoms with van der Waals surface area (Å²) in [4.78, 5) is 34.0. The minimum atomic E-state index is -1.17. The minimum absolute atomic E-state index is 0.00702. The van der Waals surface area contributed by atoms with Crippen LogP contribution in [0.1, 0.15) is 30.6 Å². The maximum Gasteiger partial charge on any atom is 0.326 e. The van der Waals surface area contributed by atoms with Crippen LogP contribution in [0.3, 0.4) is 0 Å². The molecule has 0 saturated heterocycles. The summed E-state index contributed by atoms with van der Waals surface area (Å²) in [6, 6.07) is 1.19. The Hall–Kier alpha value is -2.84. The highest BCUT2D eigenvalue weighted by Crippen LogP contribution is 2.37. The number of hydrogen-bond acceptors (Lipinski definition) is 6. The van der Waals surface area contributed by atoms with Crippen LogP contribution in [0.4, 0.5) is 5.69 Å². The molecule has 1 rings (SSSR count). The van der Waals surface area contributed by atoms with Gasteiger partial charge in [-0.2, -0.15) is 0 Å². The molecule has 1 aromatic rings. The van der Waals surface area contributed by atoms with Gasteiger partial charge in [0, 0.05) is 6.07 Å². The number of carboxylic acid groups (broad SMARTS) is 1.